The quantitative estimate of drug-likeness (QED) is 0.487. The Hall–Kier alpha value is -0.0151. The van der Waals surface area contributed by atoms with Gasteiger partial charge in [-0.1, -0.05) is 59.2 Å². The summed E-state index contributed by atoms with van der Waals surface area (Å²) >= 11 is 0. The molecular weight excluding hydrogens is 267 g/mol. The summed E-state index contributed by atoms with van der Waals surface area (Å²) in [6.45, 7) is 13.3. The van der Waals surface area contributed by atoms with Crippen molar-refractivity contribution in [1.29, 1.82) is 0 Å². The van der Waals surface area contributed by atoms with Gasteiger partial charge in [0.25, 0.3) is 0 Å². The molecule has 0 aromatic carbocycles. The molecule has 22 heavy (non-hydrogen) atoms. The zero-order valence-electron chi connectivity index (χ0n) is 15.4. The van der Waals surface area contributed by atoms with E-state index in [2.05, 4.69) is 37.8 Å². The molecule has 1 aliphatic carbocycles. The Kier molecular flexibility index (Phi) is 8.31. The Morgan fingerprint density at radius 3 is 2.14 bits per heavy atom. The molecule has 0 unspecified atom stereocenters. The van der Waals surface area contributed by atoms with Gasteiger partial charge in [-0.25, -0.2) is 0 Å². The summed E-state index contributed by atoms with van der Waals surface area (Å²) in [6, 6.07) is 0. The Morgan fingerprint density at radius 2 is 1.55 bits per heavy atom. The van der Waals surface area contributed by atoms with Gasteiger partial charge < -0.3 is 9.71 Å². The zero-order valence-corrected chi connectivity index (χ0v) is 15.4. The standard InChI is InChI=1S/C19H38BN2/c1-17(2)16-19-9-7-18(8-10-19)6-4-5-11-21-12-14-22(20-3)15-13-21/h17-19H,4-16H2,1-3H3. The fourth-order valence-corrected chi connectivity index (χ4v) is 4.44. The Bertz CT molecular complexity index is 279. The molecule has 0 amide bonds. The van der Waals surface area contributed by atoms with E-state index in [4.69, 9.17) is 0 Å². The van der Waals surface area contributed by atoms with Gasteiger partial charge in [-0.2, -0.15) is 0 Å². The minimum Gasteiger partial charge on any atom is -0.345 e. The average Bonchev–Trinajstić information content (AvgIpc) is 2.53. The lowest BCUT2D eigenvalue weighted by Crippen LogP contribution is -2.47. The highest BCUT2D eigenvalue weighted by Crippen LogP contribution is 2.34. The first-order chi connectivity index (χ1) is 10.7. The highest BCUT2D eigenvalue weighted by atomic mass is 15.2. The molecule has 0 atom stereocenters. The van der Waals surface area contributed by atoms with Gasteiger partial charge in [0, 0.05) is 13.1 Å². The first-order valence-corrected chi connectivity index (χ1v) is 9.93. The van der Waals surface area contributed by atoms with E-state index in [0.717, 1.165) is 17.8 Å². The van der Waals surface area contributed by atoms with Crippen molar-refractivity contribution in [2.75, 3.05) is 32.7 Å². The SMILES string of the molecule is C[B]N1CCN(CCCCC2CCC(CC(C)C)CC2)CC1. The van der Waals surface area contributed by atoms with Crippen LogP contribution in [0.25, 0.3) is 0 Å². The van der Waals surface area contributed by atoms with Gasteiger partial charge in [0.1, 0.15) is 0 Å². The van der Waals surface area contributed by atoms with Gasteiger partial charge in [0.2, 0.25) is 7.41 Å². The van der Waals surface area contributed by atoms with E-state index in [9.17, 15) is 0 Å². The van der Waals surface area contributed by atoms with Crippen LogP contribution in [-0.4, -0.2) is 49.8 Å². The van der Waals surface area contributed by atoms with E-state index in [1.54, 1.807) is 0 Å². The van der Waals surface area contributed by atoms with Gasteiger partial charge in [-0.3, -0.25) is 0 Å². The molecule has 1 saturated heterocycles. The molecule has 0 aromatic heterocycles. The molecule has 1 heterocycles. The van der Waals surface area contributed by atoms with Crippen molar-refractivity contribution in [3.63, 3.8) is 0 Å². The number of unbranched alkanes of at least 4 members (excludes halogenated alkanes) is 1. The molecule has 1 aliphatic heterocycles. The first-order valence-electron chi connectivity index (χ1n) is 9.93. The topological polar surface area (TPSA) is 6.48 Å². The summed E-state index contributed by atoms with van der Waals surface area (Å²) in [5.74, 6) is 2.99. The lowest BCUT2D eigenvalue weighted by molar-refractivity contribution is 0.182. The summed E-state index contributed by atoms with van der Waals surface area (Å²) < 4.78 is 0. The number of piperazine rings is 1. The molecule has 0 N–H and O–H groups in total. The number of rotatable bonds is 8. The van der Waals surface area contributed by atoms with E-state index in [0.29, 0.717) is 0 Å². The second-order valence-electron chi connectivity index (χ2n) is 8.15. The van der Waals surface area contributed by atoms with Crippen molar-refractivity contribution in [2.24, 2.45) is 17.8 Å². The number of hydrogen-bond acceptors (Lipinski definition) is 2. The molecule has 2 fully saturated rings. The van der Waals surface area contributed by atoms with Crippen molar-refractivity contribution in [3.05, 3.63) is 0 Å². The molecule has 2 rings (SSSR count). The number of hydrogen-bond donors (Lipinski definition) is 0. The summed E-state index contributed by atoms with van der Waals surface area (Å²) in [7, 11) is 2.24. The van der Waals surface area contributed by atoms with Crippen molar-refractivity contribution in [2.45, 2.75) is 72.0 Å². The van der Waals surface area contributed by atoms with Crippen molar-refractivity contribution in [3.8, 4) is 0 Å². The predicted octanol–water partition coefficient (Wildman–Crippen LogP) is 4.29. The molecule has 1 saturated carbocycles. The molecule has 3 heteroatoms. The third kappa shape index (κ3) is 6.62. The molecule has 0 spiro atoms. The van der Waals surface area contributed by atoms with Crippen LogP contribution >= 0.6 is 0 Å². The Labute approximate surface area is 140 Å². The van der Waals surface area contributed by atoms with Crippen LogP contribution in [0.1, 0.15) is 65.2 Å². The summed E-state index contributed by atoms with van der Waals surface area (Å²) in [4.78, 5) is 5.12. The van der Waals surface area contributed by atoms with Crippen LogP contribution in [-0.2, 0) is 0 Å². The van der Waals surface area contributed by atoms with Gasteiger partial charge in [-0.05, 0) is 50.2 Å². The molecule has 1 radical (unpaired) electrons. The third-order valence-electron chi connectivity index (χ3n) is 5.88. The minimum atomic E-state index is 0.896. The molecule has 2 aliphatic rings. The highest BCUT2D eigenvalue weighted by Gasteiger charge is 2.21. The fraction of sp³-hybridized carbons (Fsp3) is 1.00. The van der Waals surface area contributed by atoms with E-state index >= 15 is 0 Å². The normalized spacial score (nSPS) is 28.2. The van der Waals surface area contributed by atoms with Crippen LogP contribution in [0.4, 0.5) is 0 Å². The minimum absolute atomic E-state index is 0.896. The largest absolute Gasteiger partial charge is 0.345 e. The third-order valence-corrected chi connectivity index (χ3v) is 5.88. The van der Waals surface area contributed by atoms with E-state index in [1.165, 1.54) is 84.1 Å². The van der Waals surface area contributed by atoms with Gasteiger partial charge in [-0.15, -0.1) is 0 Å². The van der Waals surface area contributed by atoms with Crippen LogP contribution in [0.2, 0.25) is 6.82 Å². The van der Waals surface area contributed by atoms with E-state index in [1.807, 2.05) is 0 Å². The second kappa shape index (κ2) is 9.98. The van der Waals surface area contributed by atoms with Crippen LogP contribution in [0.3, 0.4) is 0 Å². The van der Waals surface area contributed by atoms with Crippen LogP contribution in [0.5, 0.6) is 0 Å². The fourth-order valence-electron chi connectivity index (χ4n) is 4.44. The van der Waals surface area contributed by atoms with Crippen LogP contribution in [0.15, 0.2) is 0 Å². The molecule has 0 bridgehead atoms. The smallest absolute Gasteiger partial charge is 0.205 e. The first kappa shape index (κ1) is 18.3. The second-order valence-corrected chi connectivity index (χ2v) is 8.15. The Balaban J connectivity index is 1.48. The van der Waals surface area contributed by atoms with Crippen molar-refractivity contribution in [1.82, 2.24) is 9.71 Å². The van der Waals surface area contributed by atoms with Crippen molar-refractivity contribution >= 4 is 7.41 Å². The lowest BCUT2D eigenvalue weighted by Gasteiger charge is -2.34. The van der Waals surface area contributed by atoms with Crippen LogP contribution in [0, 0.1) is 17.8 Å². The average molecular weight is 305 g/mol. The van der Waals surface area contributed by atoms with Crippen LogP contribution < -0.4 is 0 Å². The van der Waals surface area contributed by atoms with E-state index < -0.39 is 0 Å². The van der Waals surface area contributed by atoms with Crippen molar-refractivity contribution < 1.29 is 0 Å². The number of nitrogens with zero attached hydrogens (tertiary/aromatic N) is 2. The molecular formula is C19H38BN2. The zero-order chi connectivity index (χ0) is 15.8. The molecule has 0 aromatic rings. The highest BCUT2D eigenvalue weighted by molar-refractivity contribution is 6.29. The van der Waals surface area contributed by atoms with Gasteiger partial charge in [0.15, 0.2) is 0 Å². The monoisotopic (exact) mass is 305 g/mol. The maximum Gasteiger partial charge on any atom is 0.205 e. The maximum absolute atomic E-state index is 2.67. The lowest BCUT2D eigenvalue weighted by atomic mass is 9.77. The predicted molar refractivity (Wildman–Crippen MR) is 98.4 cm³/mol. The van der Waals surface area contributed by atoms with Gasteiger partial charge in [0.05, 0.1) is 0 Å². The summed E-state index contributed by atoms with van der Waals surface area (Å²) in [5, 5.41) is 0. The maximum atomic E-state index is 2.67. The van der Waals surface area contributed by atoms with Gasteiger partial charge >= 0.3 is 0 Å². The molecule has 127 valence electrons. The molecule has 2 nitrogen and oxygen atoms in total. The Morgan fingerprint density at radius 1 is 0.909 bits per heavy atom. The summed E-state index contributed by atoms with van der Waals surface area (Å²) in [5.41, 5.74) is 0. The summed E-state index contributed by atoms with van der Waals surface area (Å²) in [6.07, 6.45) is 11.9. The van der Waals surface area contributed by atoms with E-state index in [-0.39, 0.29) is 0 Å².